The summed E-state index contributed by atoms with van der Waals surface area (Å²) in [5.74, 6) is -1.62. The molecule has 0 bridgehead atoms. The number of hydrogen-bond acceptors (Lipinski definition) is 4. The lowest BCUT2D eigenvalue weighted by Crippen LogP contribution is -2.44. The number of piperazine rings is 1. The molecule has 1 amide bonds. The Morgan fingerprint density at radius 1 is 1.10 bits per heavy atom. The Balaban J connectivity index is 2.00. The van der Waals surface area contributed by atoms with Gasteiger partial charge in [-0.3, -0.25) is 9.59 Å². The molecule has 1 aromatic carbocycles. The molecule has 2 aliphatic rings. The van der Waals surface area contributed by atoms with Gasteiger partial charge in [-0.25, -0.2) is 4.39 Å². The Labute approximate surface area is 122 Å². The second kappa shape index (κ2) is 5.11. The number of nitrogens with zero attached hydrogens (tertiary/aromatic N) is 3. The minimum Gasteiger partial charge on any atom is -0.367 e. The van der Waals surface area contributed by atoms with Crippen molar-refractivity contribution in [3.63, 3.8) is 0 Å². The molecule has 2 heterocycles. The van der Waals surface area contributed by atoms with Crippen LogP contribution in [0.1, 0.15) is 17.3 Å². The second-order valence-corrected chi connectivity index (χ2v) is 5.49. The van der Waals surface area contributed by atoms with Crippen molar-refractivity contribution in [2.75, 3.05) is 49.6 Å². The standard InChI is InChI=1S/C15H18FN3O2/c1-3-19-12-9-13(18-6-4-17(2)5-7-18)11(16)8-10(12)14(20)15(19)21/h8-9H,3-7H2,1-2H3. The highest BCUT2D eigenvalue weighted by Crippen LogP contribution is 2.35. The molecule has 1 fully saturated rings. The van der Waals surface area contributed by atoms with E-state index in [9.17, 15) is 14.0 Å². The van der Waals surface area contributed by atoms with Gasteiger partial charge >= 0.3 is 0 Å². The van der Waals surface area contributed by atoms with Gasteiger partial charge in [-0.2, -0.15) is 0 Å². The number of likely N-dealkylation sites (N-methyl/N-ethyl adjacent to an activating group) is 2. The van der Waals surface area contributed by atoms with Gasteiger partial charge < -0.3 is 14.7 Å². The highest BCUT2D eigenvalue weighted by molar-refractivity contribution is 6.52. The van der Waals surface area contributed by atoms with E-state index in [-0.39, 0.29) is 5.56 Å². The number of amides is 1. The minimum atomic E-state index is -0.615. The maximum atomic E-state index is 14.3. The molecule has 0 aliphatic carbocycles. The highest BCUT2D eigenvalue weighted by Gasteiger charge is 2.36. The highest BCUT2D eigenvalue weighted by atomic mass is 19.1. The first kappa shape index (κ1) is 14.0. The summed E-state index contributed by atoms with van der Waals surface area (Å²) >= 11 is 0. The van der Waals surface area contributed by atoms with Gasteiger partial charge in [0.2, 0.25) is 0 Å². The molecule has 112 valence electrons. The van der Waals surface area contributed by atoms with Crippen LogP contribution in [0, 0.1) is 5.82 Å². The first-order valence-electron chi connectivity index (χ1n) is 7.16. The average molecular weight is 291 g/mol. The molecular formula is C15H18FN3O2. The largest absolute Gasteiger partial charge is 0.367 e. The SMILES string of the molecule is CCN1C(=O)C(=O)c2cc(F)c(N3CCN(C)CC3)cc21. The third kappa shape index (κ3) is 2.19. The van der Waals surface area contributed by atoms with E-state index in [0.717, 1.165) is 26.2 Å². The lowest BCUT2D eigenvalue weighted by Gasteiger charge is -2.34. The molecule has 0 radical (unpaired) electrons. The number of benzene rings is 1. The van der Waals surface area contributed by atoms with Gasteiger partial charge in [0, 0.05) is 32.7 Å². The Kier molecular flexibility index (Phi) is 3.41. The van der Waals surface area contributed by atoms with Gasteiger partial charge in [-0.15, -0.1) is 0 Å². The predicted molar refractivity (Wildman–Crippen MR) is 78.5 cm³/mol. The molecule has 5 nitrogen and oxygen atoms in total. The normalized spacial score (nSPS) is 19.4. The molecule has 1 aromatic rings. The molecular weight excluding hydrogens is 273 g/mol. The zero-order chi connectivity index (χ0) is 15.1. The van der Waals surface area contributed by atoms with Crippen LogP contribution < -0.4 is 9.80 Å². The fourth-order valence-corrected chi connectivity index (χ4v) is 2.91. The van der Waals surface area contributed by atoms with Crippen LogP contribution in [0.2, 0.25) is 0 Å². The number of anilines is 2. The maximum Gasteiger partial charge on any atom is 0.299 e. The van der Waals surface area contributed by atoms with E-state index in [2.05, 4.69) is 4.90 Å². The van der Waals surface area contributed by atoms with Gasteiger partial charge in [-0.1, -0.05) is 0 Å². The first-order valence-corrected chi connectivity index (χ1v) is 7.16. The molecule has 0 saturated carbocycles. The summed E-state index contributed by atoms with van der Waals surface area (Å²) in [5.41, 5.74) is 1.18. The fourth-order valence-electron chi connectivity index (χ4n) is 2.91. The number of rotatable bonds is 2. The second-order valence-electron chi connectivity index (χ2n) is 5.49. The summed E-state index contributed by atoms with van der Waals surface area (Å²) in [6, 6.07) is 2.85. The van der Waals surface area contributed by atoms with E-state index >= 15 is 0 Å². The van der Waals surface area contributed by atoms with E-state index in [0.29, 0.717) is 17.9 Å². The van der Waals surface area contributed by atoms with E-state index < -0.39 is 17.5 Å². The van der Waals surface area contributed by atoms with Crippen molar-refractivity contribution < 1.29 is 14.0 Å². The van der Waals surface area contributed by atoms with Crippen LogP contribution in [0.25, 0.3) is 0 Å². The molecule has 0 unspecified atom stereocenters. The van der Waals surface area contributed by atoms with Crippen LogP contribution in [0.3, 0.4) is 0 Å². The van der Waals surface area contributed by atoms with Gasteiger partial charge in [0.25, 0.3) is 11.7 Å². The van der Waals surface area contributed by atoms with Crippen LogP contribution >= 0.6 is 0 Å². The number of ketones is 1. The molecule has 3 rings (SSSR count). The molecule has 0 aromatic heterocycles. The molecule has 0 spiro atoms. The van der Waals surface area contributed by atoms with Gasteiger partial charge in [-0.05, 0) is 26.1 Å². The lowest BCUT2D eigenvalue weighted by molar-refractivity contribution is -0.114. The summed E-state index contributed by atoms with van der Waals surface area (Å²) in [7, 11) is 2.03. The quantitative estimate of drug-likeness (QED) is 0.766. The minimum absolute atomic E-state index is 0.178. The third-order valence-corrected chi connectivity index (χ3v) is 4.20. The number of hydrogen-bond donors (Lipinski definition) is 0. The smallest absolute Gasteiger partial charge is 0.299 e. The summed E-state index contributed by atoms with van der Waals surface area (Å²) in [6.45, 7) is 5.42. The number of carbonyl (C=O) groups excluding carboxylic acids is 2. The van der Waals surface area contributed by atoms with Crippen molar-refractivity contribution in [3.05, 3.63) is 23.5 Å². The van der Waals surface area contributed by atoms with Crippen molar-refractivity contribution in [2.24, 2.45) is 0 Å². The molecule has 0 atom stereocenters. The zero-order valence-electron chi connectivity index (χ0n) is 12.2. The molecule has 6 heteroatoms. The lowest BCUT2D eigenvalue weighted by atomic mass is 10.1. The molecule has 2 aliphatic heterocycles. The summed E-state index contributed by atoms with van der Waals surface area (Å²) < 4.78 is 14.3. The first-order chi connectivity index (χ1) is 10.0. The third-order valence-electron chi connectivity index (χ3n) is 4.20. The van der Waals surface area contributed by atoms with Gasteiger partial charge in [0.1, 0.15) is 5.82 Å². The number of halogens is 1. The molecule has 21 heavy (non-hydrogen) atoms. The Morgan fingerprint density at radius 3 is 2.38 bits per heavy atom. The van der Waals surface area contributed by atoms with Crippen molar-refractivity contribution in [3.8, 4) is 0 Å². The summed E-state index contributed by atoms with van der Waals surface area (Å²) in [6.07, 6.45) is 0. The van der Waals surface area contributed by atoms with Crippen molar-refractivity contribution in [2.45, 2.75) is 6.92 Å². The molecule has 0 N–H and O–H groups in total. The van der Waals surface area contributed by atoms with Crippen molar-refractivity contribution in [1.82, 2.24) is 4.90 Å². The summed E-state index contributed by atoms with van der Waals surface area (Å²) in [5, 5.41) is 0. The topological polar surface area (TPSA) is 43.9 Å². The van der Waals surface area contributed by atoms with Crippen LogP contribution in [-0.4, -0.2) is 56.4 Å². The van der Waals surface area contributed by atoms with E-state index in [1.54, 1.807) is 13.0 Å². The van der Waals surface area contributed by atoms with Crippen molar-refractivity contribution in [1.29, 1.82) is 0 Å². The van der Waals surface area contributed by atoms with E-state index in [1.807, 2.05) is 11.9 Å². The van der Waals surface area contributed by atoms with E-state index in [4.69, 9.17) is 0 Å². The van der Waals surface area contributed by atoms with Crippen molar-refractivity contribution >= 4 is 23.1 Å². The molecule has 1 saturated heterocycles. The Hall–Kier alpha value is -1.95. The predicted octanol–water partition coefficient (Wildman–Crippen LogP) is 1.13. The fraction of sp³-hybridized carbons (Fsp3) is 0.467. The number of fused-ring (bicyclic) bond motifs is 1. The summed E-state index contributed by atoms with van der Waals surface area (Å²) in [4.78, 5) is 29.3. The number of carbonyl (C=O) groups is 2. The Morgan fingerprint density at radius 2 is 1.76 bits per heavy atom. The number of Topliss-reactive ketones (excluding diaryl/α,β-unsaturated/α-hetero) is 1. The van der Waals surface area contributed by atoms with Crippen LogP contribution in [-0.2, 0) is 4.79 Å². The van der Waals surface area contributed by atoms with E-state index in [1.165, 1.54) is 11.0 Å². The van der Waals surface area contributed by atoms with Gasteiger partial charge in [0.05, 0.1) is 16.9 Å². The van der Waals surface area contributed by atoms with Crippen LogP contribution in [0.4, 0.5) is 15.8 Å². The zero-order valence-corrected chi connectivity index (χ0v) is 12.2. The monoisotopic (exact) mass is 291 g/mol. The van der Waals surface area contributed by atoms with Gasteiger partial charge in [0.15, 0.2) is 0 Å². The average Bonchev–Trinajstić information content (AvgIpc) is 2.71. The maximum absolute atomic E-state index is 14.3. The van der Waals surface area contributed by atoms with Crippen LogP contribution in [0.5, 0.6) is 0 Å². The Bertz CT molecular complexity index is 609. The van der Waals surface area contributed by atoms with Crippen LogP contribution in [0.15, 0.2) is 12.1 Å².